The highest BCUT2D eigenvalue weighted by molar-refractivity contribution is 7.86. The molecule has 126 valence electrons. The first-order valence-corrected chi connectivity index (χ1v) is 8.95. The Hall–Kier alpha value is -2.90. The summed E-state index contributed by atoms with van der Waals surface area (Å²) in [5.74, 6) is 0.629. The topological polar surface area (TPSA) is 92.3 Å². The second-order valence-electron chi connectivity index (χ2n) is 5.62. The van der Waals surface area contributed by atoms with Crippen LogP contribution in [0.2, 0.25) is 0 Å². The summed E-state index contributed by atoms with van der Waals surface area (Å²) < 4.78 is 39.3. The number of benzene rings is 3. The van der Waals surface area contributed by atoms with Gasteiger partial charge in [-0.15, -0.1) is 0 Å². The zero-order chi connectivity index (χ0) is 17.6. The average molecular weight is 354 g/mol. The van der Waals surface area contributed by atoms with Crippen LogP contribution in [0.15, 0.2) is 59.5 Å². The highest BCUT2D eigenvalue weighted by Crippen LogP contribution is 2.36. The maximum Gasteiger partial charge on any atom is 0.295 e. The SMILES string of the molecule is COc1ccc2[nH]nc(-c3ccc4ccccc4c3S(=O)(=O)O)c2c1. The lowest BCUT2D eigenvalue weighted by atomic mass is 10.0. The lowest BCUT2D eigenvalue weighted by molar-refractivity contribution is 0.415. The van der Waals surface area contributed by atoms with E-state index in [1.807, 2.05) is 6.07 Å². The summed E-state index contributed by atoms with van der Waals surface area (Å²) in [5, 5.41) is 9.02. The van der Waals surface area contributed by atoms with E-state index in [1.54, 1.807) is 55.6 Å². The van der Waals surface area contributed by atoms with Crippen LogP contribution in [-0.2, 0) is 10.1 Å². The van der Waals surface area contributed by atoms with Crippen LogP contribution in [0.4, 0.5) is 0 Å². The van der Waals surface area contributed by atoms with Gasteiger partial charge in [0.15, 0.2) is 0 Å². The van der Waals surface area contributed by atoms with Crippen LogP contribution in [0.3, 0.4) is 0 Å². The Labute approximate surface area is 143 Å². The Bertz CT molecular complexity index is 1210. The van der Waals surface area contributed by atoms with Crippen LogP contribution in [0.5, 0.6) is 5.75 Å². The Kier molecular flexibility index (Phi) is 3.48. The zero-order valence-corrected chi connectivity index (χ0v) is 14.0. The molecule has 0 radical (unpaired) electrons. The summed E-state index contributed by atoms with van der Waals surface area (Å²) in [6.07, 6.45) is 0. The molecule has 1 heterocycles. The molecule has 0 unspecified atom stereocenters. The first-order valence-electron chi connectivity index (χ1n) is 7.51. The molecule has 0 amide bonds. The molecular weight excluding hydrogens is 340 g/mol. The van der Waals surface area contributed by atoms with Crippen molar-refractivity contribution in [1.82, 2.24) is 10.2 Å². The fraction of sp³-hybridized carbons (Fsp3) is 0.0556. The fourth-order valence-corrected chi connectivity index (χ4v) is 3.94. The smallest absolute Gasteiger partial charge is 0.295 e. The van der Waals surface area contributed by atoms with Crippen molar-refractivity contribution in [3.63, 3.8) is 0 Å². The molecule has 1 aromatic heterocycles. The molecule has 7 heteroatoms. The van der Waals surface area contributed by atoms with Gasteiger partial charge in [0.25, 0.3) is 10.1 Å². The number of H-pyrrole nitrogens is 1. The quantitative estimate of drug-likeness (QED) is 0.548. The third kappa shape index (κ3) is 2.54. The minimum Gasteiger partial charge on any atom is -0.497 e. The Morgan fingerprint density at radius 1 is 1.04 bits per heavy atom. The molecule has 0 aliphatic rings. The van der Waals surface area contributed by atoms with Crippen molar-refractivity contribution in [2.24, 2.45) is 0 Å². The molecule has 25 heavy (non-hydrogen) atoms. The molecule has 0 atom stereocenters. The van der Waals surface area contributed by atoms with E-state index in [4.69, 9.17) is 4.74 Å². The summed E-state index contributed by atoms with van der Waals surface area (Å²) in [4.78, 5) is -0.151. The number of fused-ring (bicyclic) bond motifs is 2. The molecule has 0 saturated carbocycles. The van der Waals surface area contributed by atoms with Crippen molar-refractivity contribution >= 4 is 31.8 Å². The van der Waals surface area contributed by atoms with Gasteiger partial charge >= 0.3 is 0 Å². The summed E-state index contributed by atoms with van der Waals surface area (Å²) in [6.45, 7) is 0. The molecule has 0 saturated heterocycles. The monoisotopic (exact) mass is 354 g/mol. The molecule has 4 aromatic rings. The van der Waals surface area contributed by atoms with Gasteiger partial charge in [0, 0.05) is 16.3 Å². The minimum absolute atomic E-state index is 0.151. The van der Waals surface area contributed by atoms with Gasteiger partial charge in [0.1, 0.15) is 16.3 Å². The maximum absolute atomic E-state index is 12.1. The standard InChI is InChI=1S/C18H14N2O4S/c1-24-12-7-9-16-15(10-12)17(20-19-16)14-8-6-11-4-2-3-5-13(11)18(14)25(21,22)23/h2-10H,1H3,(H,19,20)(H,21,22,23). The number of rotatable bonds is 3. The van der Waals surface area contributed by atoms with Gasteiger partial charge in [0.05, 0.1) is 12.6 Å². The van der Waals surface area contributed by atoms with Crippen molar-refractivity contribution in [1.29, 1.82) is 0 Å². The van der Waals surface area contributed by atoms with E-state index in [0.717, 1.165) is 10.9 Å². The van der Waals surface area contributed by atoms with Gasteiger partial charge in [-0.2, -0.15) is 13.5 Å². The Balaban J connectivity index is 2.11. The highest BCUT2D eigenvalue weighted by atomic mass is 32.2. The van der Waals surface area contributed by atoms with Crippen LogP contribution < -0.4 is 4.74 Å². The predicted octanol–water partition coefficient (Wildman–Crippen LogP) is 3.64. The van der Waals surface area contributed by atoms with E-state index >= 15 is 0 Å². The zero-order valence-electron chi connectivity index (χ0n) is 13.2. The molecule has 3 aromatic carbocycles. The number of nitrogens with one attached hydrogen (secondary N) is 1. The largest absolute Gasteiger partial charge is 0.497 e. The lowest BCUT2D eigenvalue weighted by Gasteiger charge is -2.10. The number of nitrogens with zero attached hydrogens (tertiary/aromatic N) is 1. The molecule has 0 bridgehead atoms. The van der Waals surface area contributed by atoms with Gasteiger partial charge in [-0.1, -0.05) is 36.4 Å². The molecular formula is C18H14N2O4S. The number of aromatic nitrogens is 2. The summed E-state index contributed by atoms with van der Waals surface area (Å²) >= 11 is 0. The van der Waals surface area contributed by atoms with E-state index < -0.39 is 10.1 Å². The van der Waals surface area contributed by atoms with Crippen LogP contribution in [0, 0.1) is 0 Å². The number of ether oxygens (including phenoxy) is 1. The van der Waals surface area contributed by atoms with Crippen molar-refractivity contribution in [3.05, 3.63) is 54.6 Å². The molecule has 0 spiro atoms. The molecule has 2 N–H and O–H groups in total. The molecule has 0 fully saturated rings. The summed E-state index contributed by atoms with van der Waals surface area (Å²) in [6, 6.07) is 15.8. The van der Waals surface area contributed by atoms with E-state index in [-0.39, 0.29) is 4.90 Å². The number of aromatic amines is 1. The third-order valence-electron chi connectivity index (χ3n) is 4.16. The first-order chi connectivity index (χ1) is 12.0. The van der Waals surface area contributed by atoms with Gasteiger partial charge in [-0.25, -0.2) is 0 Å². The second-order valence-corrected chi connectivity index (χ2v) is 6.98. The summed E-state index contributed by atoms with van der Waals surface area (Å²) in [7, 11) is -2.90. The predicted molar refractivity (Wildman–Crippen MR) is 95.4 cm³/mol. The Morgan fingerprint density at radius 3 is 2.60 bits per heavy atom. The number of hydrogen-bond acceptors (Lipinski definition) is 4. The van der Waals surface area contributed by atoms with Gasteiger partial charge in [0.2, 0.25) is 0 Å². The second kappa shape index (κ2) is 5.58. The normalized spacial score (nSPS) is 11.9. The molecule has 6 nitrogen and oxygen atoms in total. The first kappa shape index (κ1) is 15.6. The van der Waals surface area contributed by atoms with Gasteiger partial charge in [-0.3, -0.25) is 9.65 Å². The van der Waals surface area contributed by atoms with E-state index in [0.29, 0.717) is 27.8 Å². The minimum atomic E-state index is -4.46. The van der Waals surface area contributed by atoms with Gasteiger partial charge < -0.3 is 4.74 Å². The van der Waals surface area contributed by atoms with Crippen molar-refractivity contribution < 1.29 is 17.7 Å². The summed E-state index contributed by atoms with van der Waals surface area (Å²) in [5.41, 5.74) is 1.51. The third-order valence-corrected chi connectivity index (χ3v) is 5.12. The molecule has 0 aliphatic heterocycles. The van der Waals surface area contributed by atoms with Crippen LogP contribution in [-0.4, -0.2) is 30.3 Å². The van der Waals surface area contributed by atoms with Crippen molar-refractivity contribution in [2.75, 3.05) is 7.11 Å². The van der Waals surface area contributed by atoms with Crippen LogP contribution in [0.25, 0.3) is 32.9 Å². The van der Waals surface area contributed by atoms with Crippen LogP contribution in [0.1, 0.15) is 0 Å². The number of hydrogen-bond donors (Lipinski definition) is 2. The highest BCUT2D eigenvalue weighted by Gasteiger charge is 2.23. The van der Waals surface area contributed by atoms with Crippen molar-refractivity contribution in [3.8, 4) is 17.0 Å². The molecule has 4 rings (SSSR count). The van der Waals surface area contributed by atoms with E-state index in [2.05, 4.69) is 10.2 Å². The maximum atomic E-state index is 12.1. The lowest BCUT2D eigenvalue weighted by Crippen LogP contribution is -2.02. The van der Waals surface area contributed by atoms with Crippen molar-refractivity contribution in [2.45, 2.75) is 4.90 Å². The van der Waals surface area contributed by atoms with Crippen LogP contribution >= 0.6 is 0 Å². The van der Waals surface area contributed by atoms with Gasteiger partial charge in [-0.05, 0) is 23.6 Å². The average Bonchev–Trinajstić information content (AvgIpc) is 3.02. The molecule has 0 aliphatic carbocycles. The van der Waals surface area contributed by atoms with E-state index in [9.17, 15) is 13.0 Å². The fourth-order valence-electron chi connectivity index (χ4n) is 3.03. The Morgan fingerprint density at radius 2 is 1.84 bits per heavy atom. The number of methoxy groups -OCH3 is 1. The van der Waals surface area contributed by atoms with E-state index in [1.165, 1.54) is 0 Å².